The normalized spacial score (nSPS) is 10.7. The molecule has 5 heteroatoms. The van der Waals surface area contributed by atoms with Gasteiger partial charge in [-0.05, 0) is 37.3 Å². The predicted molar refractivity (Wildman–Crippen MR) is 106 cm³/mol. The zero-order valence-electron chi connectivity index (χ0n) is 15.1. The molecule has 0 atom stereocenters. The Balaban J connectivity index is 1.83. The average Bonchev–Trinajstić information content (AvgIpc) is 3.08. The summed E-state index contributed by atoms with van der Waals surface area (Å²) >= 11 is 0. The van der Waals surface area contributed by atoms with E-state index in [1.807, 2.05) is 65.9 Å². The minimum atomic E-state index is -0.212. The van der Waals surface area contributed by atoms with E-state index in [1.54, 1.807) is 25.3 Å². The molecule has 1 amide bonds. The molecule has 2 heterocycles. The van der Waals surface area contributed by atoms with Crippen molar-refractivity contribution in [3.8, 4) is 17.0 Å². The van der Waals surface area contributed by atoms with Crippen LogP contribution in [0.25, 0.3) is 16.9 Å². The van der Waals surface area contributed by atoms with Crippen LogP contribution in [0, 0.1) is 6.92 Å². The van der Waals surface area contributed by atoms with Gasteiger partial charge in [0, 0.05) is 16.8 Å². The van der Waals surface area contributed by atoms with Crippen molar-refractivity contribution in [3.63, 3.8) is 0 Å². The monoisotopic (exact) mass is 357 g/mol. The number of amides is 1. The number of benzene rings is 2. The van der Waals surface area contributed by atoms with Crippen LogP contribution in [0.3, 0.4) is 0 Å². The molecule has 0 aliphatic rings. The van der Waals surface area contributed by atoms with Crippen molar-refractivity contribution in [1.82, 2.24) is 9.38 Å². The molecule has 27 heavy (non-hydrogen) atoms. The first-order valence-corrected chi connectivity index (χ1v) is 8.66. The van der Waals surface area contributed by atoms with Crippen LogP contribution < -0.4 is 10.1 Å². The summed E-state index contributed by atoms with van der Waals surface area (Å²) in [4.78, 5) is 17.7. The number of methoxy groups -OCH3 is 1. The summed E-state index contributed by atoms with van der Waals surface area (Å²) < 4.78 is 7.18. The number of nitrogens with zero attached hydrogens (tertiary/aromatic N) is 2. The van der Waals surface area contributed by atoms with Crippen molar-refractivity contribution in [1.29, 1.82) is 0 Å². The number of hydrogen-bond donors (Lipinski definition) is 1. The molecule has 0 fully saturated rings. The largest absolute Gasteiger partial charge is 0.497 e. The van der Waals surface area contributed by atoms with E-state index in [4.69, 9.17) is 9.72 Å². The van der Waals surface area contributed by atoms with Crippen LogP contribution in [0.1, 0.15) is 16.1 Å². The summed E-state index contributed by atoms with van der Waals surface area (Å²) in [6, 6.07) is 22.8. The summed E-state index contributed by atoms with van der Waals surface area (Å²) in [5.41, 5.74) is 3.98. The van der Waals surface area contributed by atoms with Gasteiger partial charge in [0.2, 0.25) is 0 Å². The molecular weight excluding hydrogens is 338 g/mol. The Bertz CT molecular complexity index is 1120. The average molecular weight is 357 g/mol. The standard InChI is InChI=1S/C22H19N3O2/c1-15-8-6-13-19-23-20(16-9-4-3-5-10-16)21(25(15)19)24-22(26)17-11-7-12-18(14-17)27-2/h3-14H,1-2H3,(H,24,26). The van der Waals surface area contributed by atoms with E-state index in [9.17, 15) is 4.79 Å². The number of pyridine rings is 1. The molecule has 4 aromatic rings. The molecule has 0 spiro atoms. The number of aryl methyl sites for hydroxylation is 1. The molecule has 0 aliphatic carbocycles. The molecule has 0 saturated heterocycles. The molecule has 4 rings (SSSR count). The Morgan fingerprint density at radius 1 is 1.00 bits per heavy atom. The van der Waals surface area contributed by atoms with Gasteiger partial charge in [0.25, 0.3) is 5.91 Å². The van der Waals surface area contributed by atoms with Gasteiger partial charge in [0.05, 0.1) is 7.11 Å². The topological polar surface area (TPSA) is 55.6 Å². The lowest BCUT2D eigenvalue weighted by atomic mass is 10.1. The highest BCUT2D eigenvalue weighted by Gasteiger charge is 2.18. The minimum Gasteiger partial charge on any atom is -0.497 e. The minimum absolute atomic E-state index is 0.212. The molecule has 2 aromatic heterocycles. The number of rotatable bonds is 4. The van der Waals surface area contributed by atoms with Gasteiger partial charge in [-0.2, -0.15) is 0 Å². The molecule has 5 nitrogen and oxygen atoms in total. The number of carbonyl (C=O) groups excluding carboxylic acids is 1. The first-order chi connectivity index (χ1) is 13.2. The number of carbonyl (C=O) groups is 1. The fourth-order valence-electron chi connectivity index (χ4n) is 3.11. The summed E-state index contributed by atoms with van der Waals surface area (Å²) in [5, 5.41) is 3.05. The highest BCUT2D eigenvalue weighted by atomic mass is 16.5. The summed E-state index contributed by atoms with van der Waals surface area (Å²) in [5.74, 6) is 1.08. The third-order valence-corrected chi connectivity index (χ3v) is 4.45. The van der Waals surface area contributed by atoms with Crippen molar-refractivity contribution in [2.75, 3.05) is 12.4 Å². The predicted octanol–water partition coefficient (Wildman–Crippen LogP) is 4.57. The second-order valence-corrected chi connectivity index (χ2v) is 6.22. The lowest BCUT2D eigenvalue weighted by Gasteiger charge is -2.10. The van der Waals surface area contributed by atoms with E-state index in [0.717, 1.165) is 22.6 Å². The van der Waals surface area contributed by atoms with Crippen LogP contribution >= 0.6 is 0 Å². The third kappa shape index (κ3) is 3.15. The van der Waals surface area contributed by atoms with Gasteiger partial charge in [0.1, 0.15) is 22.9 Å². The van der Waals surface area contributed by atoms with E-state index >= 15 is 0 Å². The van der Waals surface area contributed by atoms with E-state index in [0.29, 0.717) is 17.1 Å². The van der Waals surface area contributed by atoms with Crippen LogP contribution in [0.2, 0.25) is 0 Å². The second kappa shape index (κ2) is 6.96. The zero-order valence-corrected chi connectivity index (χ0v) is 15.1. The maximum Gasteiger partial charge on any atom is 0.256 e. The van der Waals surface area contributed by atoms with Crippen LogP contribution in [0.5, 0.6) is 5.75 Å². The molecule has 2 aromatic carbocycles. The van der Waals surface area contributed by atoms with Gasteiger partial charge >= 0.3 is 0 Å². The number of nitrogens with one attached hydrogen (secondary N) is 1. The first-order valence-electron chi connectivity index (χ1n) is 8.66. The summed E-state index contributed by atoms with van der Waals surface area (Å²) in [7, 11) is 1.58. The van der Waals surface area contributed by atoms with Crippen molar-refractivity contribution in [2.45, 2.75) is 6.92 Å². The van der Waals surface area contributed by atoms with E-state index < -0.39 is 0 Å². The molecule has 0 unspecified atom stereocenters. The number of aromatic nitrogens is 2. The van der Waals surface area contributed by atoms with Crippen LogP contribution in [0.15, 0.2) is 72.8 Å². The van der Waals surface area contributed by atoms with Crippen LogP contribution in [0.4, 0.5) is 5.82 Å². The number of ether oxygens (including phenoxy) is 1. The maximum absolute atomic E-state index is 12.9. The SMILES string of the molecule is COc1cccc(C(=O)Nc2c(-c3ccccc3)nc3cccc(C)n23)c1. The Morgan fingerprint density at radius 2 is 1.78 bits per heavy atom. The van der Waals surface area contributed by atoms with Gasteiger partial charge in [0.15, 0.2) is 0 Å². The Hall–Kier alpha value is -3.60. The van der Waals surface area contributed by atoms with Crippen molar-refractivity contribution in [3.05, 3.63) is 84.1 Å². The lowest BCUT2D eigenvalue weighted by Crippen LogP contribution is -2.14. The van der Waals surface area contributed by atoms with Crippen LogP contribution in [-0.2, 0) is 0 Å². The summed E-state index contributed by atoms with van der Waals surface area (Å²) in [6.07, 6.45) is 0. The lowest BCUT2D eigenvalue weighted by molar-refractivity contribution is 0.102. The number of imidazole rings is 1. The molecular formula is C22H19N3O2. The van der Waals surface area contributed by atoms with Crippen molar-refractivity contribution < 1.29 is 9.53 Å². The van der Waals surface area contributed by atoms with Crippen molar-refractivity contribution >= 4 is 17.4 Å². The molecule has 0 bridgehead atoms. The van der Waals surface area contributed by atoms with Gasteiger partial charge in [-0.1, -0.05) is 42.5 Å². The van der Waals surface area contributed by atoms with E-state index in [2.05, 4.69) is 5.32 Å². The van der Waals surface area contributed by atoms with Crippen molar-refractivity contribution in [2.24, 2.45) is 0 Å². The third-order valence-electron chi connectivity index (χ3n) is 4.45. The van der Waals surface area contributed by atoms with Gasteiger partial charge in [-0.3, -0.25) is 9.20 Å². The Labute approximate surface area is 157 Å². The highest BCUT2D eigenvalue weighted by Crippen LogP contribution is 2.30. The molecule has 134 valence electrons. The zero-order chi connectivity index (χ0) is 18.8. The smallest absolute Gasteiger partial charge is 0.256 e. The van der Waals surface area contributed by atoms with E-state index in [1.165, 1.54) is 0 Å². The Kier molecular flexibility index (Phi) is 4.34. The maximum atomic E-state index is 12.9. The van der Waals surface area contributed by atoms with Gasteiger partial charge in [-0.25, -0.2) is 4.98 Å². The number of hydrogen-bond acceptors (Lipinski definition) is 3. The molecule has 0 saturated carbocycles. The number of fused-ring (bicyclic) bond motifs is 1. The molecule has 0 radical (unpaired) electrons. The summed E-state index contributed by atoms with van der Waals surface area (Å²) in [6.45, 7) is 1.99. The molecule has 0 aliphatic heterocycles. The quantitative estimate of drug-likeness (QED) is 0.582. The van der Waals surface area contributed by atoms with Crippen LogP contribution in [-0.4, -0.2) is 22.4 Å². The Morgan fingerprint density at radius 3 is 2.56 bits per heavy atom. The van der Waals surface area contributed by atoms with Gasteiger partial charge in [-0.15, -0.1) is 0 Å². The van der Waals surface area contributed by atoms with E-state index in [-0.39, 0.29) is 5.91 Å². The fraction of sp³-hybridized carbons (Fsp3) is 0.0909. The first kappa shape index (κ1) is 16.8. The highest BCUT2D eigenvalue weighted by molar-refractivity contribution is 6.06. The fourth-order valence-corrected chi connectivity index (χ4v) is 3.11. The number of anilines is 1. The molecule has 1 N–H and O–H groups in total. The second-order valence-electron chi connectivity index (χ2n) is 6.22. The van der Waals surface area contributed by atoms with Gasteiger partial charge < -0.3 is 10.1 Å².